The molecule has 0 heterocycles. The van der Waals surface area contributed by atoms with E-state index in [1.807, 2.05) is 7.05 Å². The van der Waals surface area contributed by atoms with Crippen LogP contribution in [0.2, 0.25) is 0 Å². The van der Waals surface area contributed by atoms with E-state index in [-0.39, 0.29) is 0 Å². The van der Waals surface area contributed by atoms with E-state index in [9.17, 15) is 0 Å². The summed E-state index contributed by atoms with van der Waals surface area (Å²) in [6.07, 6.45) is 0.973. The molecule has 0 radical (unpaired) electrons. The Bertz CT molecular complexity index is 296. The molecule has 2 heteroatoms. The topological polar surface area (TPSA) is 12.0 Å². The molecule has 1 unspecified atom stereocenters. The van der Waals surface area contributed by atoms with Crippen LogP contribution in [0.5, 0.6) is 0 Å². The Labute approximate surface area is 91.5 Å². The van der Waals surface area contributed by atoms with Crippen molar-refractivity contribution in [1.82, 2.24) is 5.32 Å². The molecule has 0 saturated heterocycles. The van der Waals surface area contributed by atoms with E-state index in [2.05, 4.69) is 37.4 Å². The molecule has 0 spiro atoms. The number of nitrogens with one attached hydrogen (secondary N) is 1. The summed E-state index contributed by atoms with van der Waals surface area (Å²) in [4.78, 5) is 0. The summed E-state index contributed by atoms with van der Waals surface area (Å²) in [5.41, 5.74) is 4.02. The Kier molecular flexibility index (Phi) is 4.43. The summed E-state index contributed by atoms with van der Waals surface area (Å²) < 4.78 is 0. The Hall–Kier alpha value is -0.530. The van der Waals surface area contributed by atoms with Crippen LogP contribution in [0, 0.1) is 13.8 Å². The highest BCUT2D eigenvalue weighted by Gasteiger charge is 2.08. The third-order valence-electron chi connectivity index (χ3n) is 2.68. The molecule has 1 aromatic rings. The lowest BCUT2D eigenvalue weighted by atomic mass is 10.00. The number of alkyl halides is 1. The highest BCUT2D eigenvalue weighted by molar-refractivity contribution is 6.17. The van der Waals surface area contributed by atoms with Gasteiger partial charge in [0, 0.05) is 11.9 Å². The van der Waals surface area contributed by atoms with Gasteiger partial charge in [0.25, 0.3) is 0 Å². The van der Waals surface area contributed by atoms with Crippen LogP contribution in [0.25, 0.3) is 0 Å². The van der Waals surface area contributed by atoms with Crippen LogP contribution in [-0.4, -0.2) is 12.9 Å². The fourth-order valence-electron chi connectivity index (χ4n) is 1.57. The van der Waals surface area contributed by atoms with Gasteiger partial charge in [0.15, 0.2) is 0 Å². The van der Waals surface area contributed by atoms with Gasteiger partial charge in [0.2, 0.25) is 0 Å². The maximum Gasteiger partial charge on any atom is 0.0328 e. The van der Waals surface area contributed by atoms with Crippen molar-refractivity contribution < 1.29 is 0 Å². The molecular formula is C12H18ClN. The molecule has 1 nitrogen and oxygen atoms in total. The lowest BCUT2D eigenvalue weighted by Crippen LogP contribution is -2.16. The monoisotopic (exact) mass is 211 g/mol. The Balaban J connectivity index is 2.88. The second-order valence-corrected chi connectivity index (χ2v) is 4.04. The van der Waals surface area contributed by atoms with Gasteiger partial charge in [-0.3, -0.25) is 0 Å². The summed E-state index contributed by atoms with van der Waals surface area (Å²) in [7, 11) is 1.98. The predicted octanol–water partition coefficient (Wildman–Crippen LogP) is 3.19. The third-order valence-corrected chi connectivity index (χ3v) is 2.90. The van der Waals surface area contributed by atoms with Gasteiger partial charge in [-0.1, -0.05) is 18.2 Å². The average Bonchev–Trinajstić information content (AvgIpc) is 2.19. The predicted molar refractivity (Wildman–Crippen MR) is 63.1 cm³/mol. The van der Waals surface area contributed by atoms with E-state index in [4.69, 9.17) is 11.6 Å². The van der Waals surface area contributed by atoms with Gasteiger partial charge in [0.1, 0.15) is 0 Å². The van der Waals surface area contributed by atoms with Crippen molar-refractivity contribution in [3.63, 3.8) is 0 Å². The molecule has 1 atom stereocenters. The SMILES string of the molecule is CNC(CCCl)c1ccc(C)c(C)c1. The summed E-state index contributed by atoms with van der Waals surface area (Å²) in [5.74, 6) is 0.693. The molecule has 0 bridgehead atoms. The van der Waals surface area contributed by atoms with E-state index >= 15 is 0 Å². The summed E-state index contributed by atoms with van der Waals surface area (Å²) >= 11 is 5.76. The summed E-state index contributed by atoms with van der Waals surface area (Å²) in [6.45, 7) is 4.28. The molecule has 0 aliphatic heterocycles. The van der Waals surface area contributed by atoms with Crippen molar-refractivity contribution in [3.8, 4) is 0 Å². The van der Waals surface area contributed by atoms with Gasteiger partial charge >= 0.3 is 0 Å². The minimum atomic E-state index is 0.381. The number of hydrogen-bond acceptors (Lipinski definition) is 1. The van der Waals surface area contributed by atoms with Gasteiger partial charge in [-0.2, -0.15) is 0 Å². The molecule has 0 aliphatic carbocycles. The van der Waals surface area contributed by atoms with E-state index in [1.165, 1.54) is 16.7 Å². The summed E-state index contributed by atoms with van der Waals surface area (Å²) in [6, 6.07) is 6.97. The van der Waals surface area contributed by atoms with Crippen molar-refractivity contribution >= 4 is 11.6 Å². The van der Waals surface area contributed by atoms with E-state index in [0.29, 0.717) is 11.9 Å². The lowest BCUT2D eigenvalue weighted by Gasteiger charge is -2.16. The van der Waals surface area contributed by atoms with Gasteiger partial charge in [-0.15, -0.1) is 11.6 Å². The fourth-order valence-corrected chi connectivity index (χ4v) is 1.79. The van der Waals surface area contributed by atoms with Crippen LogP contribution >= 0.6 is 11.6 Å². The van der Waals surface area contributed by atoms with Gasteiger partial charge < -0.3 is 5.32 Å². The largest absolute Gasteiger partial charge is 0.313 e. The molecule has 0 saturated carbocycles. The zero-order valence-corrected chi connectivity index (χ0v) is 9.86. The molecule has 1 rings (SSSR count). The molecule has 0 aliphatic rings. The van der Waals surface area contributed by atoms with Crippen LogP contribution in [0.4, 0.5) is 0 Å². The molecule has 1 aromatic carbocycles. The molecular weight excluding hydrogens is 194 g/mol. The first-order valence-electron chi connectivity index (χ1n) is 4.99. The van der Waals surface area contributed by atoms with Crippen LogP contribution in [-0.2, 0) is 0 Å². The average molecular weight is 212 g/mol. The van der Waals surface area contributed by atoms with Gasteiger partial charge in [-0.25, -0.2) is 0 Å². The van der Waals surface area contributed by atoms with Crippen LogP contribution < -0.4 is 5.32 Å². The Morgan fingerprint density at radius 1 is 1.29 bits per heavy atom. The second-order valence-electron chi connectivity index (χ2n) is 3.66. The fraction of sp³-hybridized carbons (Fsp3) is 0.500. The number of halogens is 1. The normalized spacial score (nSPS) is 12.9. The van der Waals surface area contributed by atoms with Crippen molar-refractivity contribution in [2.75, 3.05) is 12.9 Å². The third kappa shape index (κ3) is 2.73. The van der Waals surface area contributed by atoms with Gasteiger partial charge in [0.05, 0.1) is 0 Å². The quantitative estimate of drug-likeness (QED) is 0.755. The highest BCUT2D eigenvalue weighted by Crippen LogP contribution is 2.19. The van der Waals surface area contributed by atoms with Crippen LogP contribution in [0.15, 0.2) is 18.2 Å². The standard InChI is InChI=1S/C12H18ClN/c1-9-4-5-11(8-10(9)2)12(14-3)6-7-13/h4-5,8,12,14H,6-7H2,1-3H3. The Morgan fingerprint density at radius 3 is 2.50 bits per heavy atom. The first-order chi connectivity index (χ1) is 6.69. The number of rotatable bonds is 4. The maximum atomic E-state index is 5.76. The second kappa shape index (κ2) is 5.38. The first-order valence-corrected chi connectivity index (χ1v) is 5.53. The number of hydrogen-bond donors (Lipinski definition) is 1. The zero-order valence-electron chi connectivity index (χ0n) is 9.10. The zero-order chi connectivity index (χ0) is 10.6. The van der Waals surface area contributed by atoms with Crippen molar-refractivity contribution in [2.24, 2.45) is 0 Å². The molecule has 0 fully saturated rings. The highest BCUT2D eigenvalue weighted by atomic mass is 35.5. The minimum Gasteiger partial charge on any atom is -0.313 e. The summed E-state index contributed by atoms with van der Waals surface area (Å²) in [5, 5.41) is 3.28. The number of benzene rings is 1. The van der Waals surface area contributed by atoms with Crippen molar-refractivity contribution in [2.45, 2.75) is 26.3 Å². The number of aryl methyl sites for hydroxylation is 2. The molecule has 0 aromatic heterocycles. The first kappa shape index (κ1) is 11.5. The minimum absolute atomic E-state index is 0.381. The van der Waals surface area contributed by atoms with E-state index in [0.717, 1.165) is 6.42 Å². The Morgan fingerprint density at radius 2 is 2.00 bits per heavy atom. The van der Waals surface area contributed by atoms with Gasteiger partial charge in [-0.05, 0) is 44.0 Å². The van der Waals surface area contributed by atoms with Crippen molar-refractivity contribution in [1.29, 1.82) is 0 Å². The molecule has 1 N–H and O–H groups in total. The molecule has 14 heavy (non-hydrogen) atoms. The van der Waals surface area contributed by atoms with E-state index < -0.39 is 0 Å². The maximum absolute atomic E-state index is 5.76. The molecule has 78 valence electrons. The lowest BCUT2D eigenvalue weighted by molar-refractivity contribution is 0.579. The van der Waals surface area contributed by atoms with Crippen LogP contribution in [0.1, 0.15) is 29.2 Å². The smallest absolute Gasteiger partial charge is 0.0328 e. The molecule has 0 amide bonds. The van der Waals surface area contributed by atoms with E-state index in [1.54, 1.807) is 0 Å². The van der Waals surface area contributed by atoms with Crippen molar-refractivity contribution in [3.05, 3.63) is 34.9 Å². The van der Waals surface area contributed by atoms with Crippen LogP contribution in [0.3, 0.4) is 0 Å².